The molecule has 0 aromatic heterocycles. The minimum Gasteiger partial charge on any atom is -0.496 e. The summed E-state index contributed by atoms with van der Waals surface area (Å²) in [5.74, 6) is 1.69. The van der Waals surface area contributed by atoms with Crippen molar-refractivity contribution in [2.75, 3.05) is 19.5 Å². The number of methoxy groups -OCH3 is 2. The van der Waals surface area contributed by atoms with Crippen LogP contribution in [0.3, 0.4) is 0 Å². The molecule has 0 bridgehead atoms. The van der Waals surface area contributed by atoms with Gasteiger partial charge in [-0.3, -0.25) is 0 Å². The molecular weight excluding hydrogens is 286 g/mol. The van der Waals surface area contributed by atoms with Gasteiger partial charge in [0.1, 0.15) is 11.5 Å². The number of benzene rings is 2. The number of hydrogen-bond acceptors (Lipinski definition) is 3. The van der Waals surface area contributed by atoms with Gasteiger partial charge in [0.05, 0.1) is 14.2 Å². The van der Waals surface area contributed by atoms with Gasteiger partial charge in [0.2, 0.25) is 0 Å². The van der Waals surface area contributed by atoms with Gasteiger partial charge in [0.25, 0.3) is 0 Å². The number of hydrogen-bond donors (Lipinski definition) is 1. The van der Waals surface area contributed by atoms with Crippen LogP contribution in [-0.4, -0.2) is 14.2 Å². The molecule has 0 atom stereocenters. The molecule has 112 valence electrons. The maximum Gasteiger partial charge on any atom is 0.126 e. The first-order chi connectivity index (χ1) is 10.1. The normalized spacial score (nSPS) is 10.3. The molecule has 2 aromatic rings. The van der Waals surface area contributed by atoms with Gasteiger partial charge in [0, 0.05) is 28.4 Å². The zero-order valence-electron chi connectivity index (χ0n) is 12.8. The number of aryl methyl sites for hydroxylation is 1. The van der Waals surface area contributed by atoms with Gasteiger partial charge in [-0.15, -0.1) is 0 Å². The maximum absolute atomic E-state index is 6.25. The van der Waals surface area contributed by atoms with E-state index in [1.165, 1.54) is 0 Å². The van der Waals surface area contributed by atoms with Crippen LogP contribution in [0.2, 0.25) is 5.02 Å². The molecule has 21 heavy (non-hydrogen) atoms. The van der Waals surface area contributed by atoms with E-state index in [4.69, 9.17) is 21.1 Å². The van der Waals surface area contributed by atoms with Gasteiger partial charge in [0.15, 0.2) is 0 Å². The Kier molecular flexibility index (Phi) is 4.97. The van der Waals surface area contributed by atoms with Crippen molar-refractivity contribution in [3.8, 4) is 11.5 Å². The highest BCUT2D eigenvalue weighted by molar-refractivity contribution is 6.31. The zero-order valence-corrected chi connectivity index (χ0v) is 13.5. The highest BCUT2D eigenvalue weighted by Gasteiger charge is 2.10. The van der Waals surface area contributed by atoms with E-state index in [1.807, 2.05) is 38.1 Å². The van der Waals surface area contributed by atoms with Crippen molar-refractivity contribution in [1.29, 1.82) is 0 Å². The van der Waals surface area contributed by atoms with Gasteiger partial charge in [-0.1, -0.05) is 23.7 Å². The van der Waals surface area contributed by atoms with Gasteiger partial charge in [-0.05, 0) is 37.6 Å². The predicted molar refractivity (Wildman–Crippen MR) is 87.8 cm³/mol. The van der Waals surface area contributed by atoms with E-state index in [9.17, 15) is 0 Å². The molecule has 0 saturated heterocycles. The van der Waals surface area contributed by atoms with Crippen LogP contribution >= 0.6 is 11.6 Å². The first kappa shape index (κ1) is 15.5. The third kappa shape index (κ3) is 3.24. The average Bonchev–Trinajstić information content (AvgIpc) is 2.48. The Morgan fingerprint density at radius 2 is 1.81 bits per heavy atom. The van der Waals surface area contributed by atoms with Gasteiger partial charge in [-0.25, -0.2) is 0 Å². The second kappa shape index (κ2) is 6.72. The lowest BCUT2D eigenvalue weighted by Gasteiger charge is -2.16. The van der Waals surface area contributed by atoms with E-state index in [1.54, 1.807) is 14.2 Å². The van der Waals surface area contributed by atoms with Crippen LogP contribution in [0.1, 0.15) is 16.7 Å². The van der Waals surface area contributed by atoms with Crippen molar-refractivity contribution in [2.45, 2.75) is 20.4 Å². The maximum atomic E-state index is 6.25. The Labute approximate surface area is 130 Å². The third-order valence-corrected chi connectivity index (χ3v) is 3.91. The van der Waals surface area contributed by atoms with Gasteiger partial charge in [-0.2, -0.15) is 0 Å². The average molecular weight is 306 g/mol. The van der Waals surface area contributed by atoms with E-state index in [0.717, 1.165) is 33.9 Å². The summed E-state index contributed by atoms with van der Waals surface area (Å²) in [5.41, 5.74) is 4.18. The summed E-state index contributed by atoms with van der Waals surface area (Å²) >= 11 is 6.25. The largest absolute Gasteiger partial charge is 0.496 e. The fourth-order valence-corrected chi connectivity index (χ4v) is 2.65. The second-order valence-electron chi connectivity index (χ2n) is 4.86. The van der Waals surface area contributed by atoms with Crippen LogP contribution in [0.4, 0.5) is 5.69 Å². The molecule has 0 amide bonds. The summed E-state index contributed by atoms with van der Waals surface area (Å²) in [6.45, 7) is 4.67. The third-order valence-electron chi connectivity index (χ3n) is 3.56. The molecule has 0 unspecified atom stereocenters. The molecule has 0 saturated carbocycles. The Bertz CT molecular complexity index is 641. The Morgan fingerprint density at radius 3 is 2.48 bits per heavy atom. The summed E-state index contributed by atoms with van der Waals surface area (Å²) in [4.78, 5) is 0. The van der Waals surface area contributed by atoms with E-state index in [2.05, 4.69) is 11.4 Å². The van der Waals surface area contributed by atoms with E-state index < -0.39 is 0 Å². The molecule has 0 fully saturated rings. The van der Waals surface area contributed by atoms with Crippen molar-refractivity contribution in [2.24, 2.45) is 0 Å². The summed E-state index contributed by atoms with van der Waals surface area (Å²) in [6, 6.07) is 9.74. The highest BCUT2D eigenvalue weighted by Crippen LogP contribution is 2.31. The minimum atomic E-state index is 0.593. The molecule has 1 N–H and O–H groups in total. The Morgan fingerprint density at radius 1 is 1.05 bits per heavy atom. The first-order valence-corrected chi connectivity index (χ1v) is 7.15. The smallest absolute Gasteiger partial charge is 0.126 e. The molecule has 0 aliphatic rings. The molecule has 3 nitrogen and oxygen atoms in total. The molecule has 2 aromatic carbocycles. The zero-order chi connectivity index (χ0) is 15.4. The van der Waals surface area contributed by atoms with Crippen LogP contribution in [0.25, 0.3) is 0 Å². The molecule has 0 heterocycles. The standard InChI is InChI=1S/C17H20ClNO2/c1-11-8-9-15(12(2)17(11)21-4)19-10-13-14(18)6-5-7-16(13)20-3/h5-9,19H,10H2,1-4H3. The van der Waals surface area contributed by atoms with Crippen LogP contribution in [0.15, 0.2) is 30.3 Å². The quantitative estimate of drug-likeness (QED) is 0.876. The first-order valence-electron chi connectivity index (χ1n) is 6.78. The molecule has 2 rings (SSSR count). The number of nitrogens with one attached hydrogen (secondary N) is 1. The number of rotatable bonds is 5. The second-order valence-corrected chi connectivity index (χ2v) is 5.27. The molecule has 0 radical (unpaired) electrons. The van der Waals surface area contributed by atoms with Crippen molar-refractivity contribution in [3.63, 3.8) is 0 Å². The molecule has 4 heteroatoms. The summed E-state index contributed by atoms with van der Waals surface area (Å²) in [5, 5.41) is 4.10. The lowest BCUT2D eigenvalue weighted by molar-refractivity contribution is 0.408. The van der Waals surface area contributed by atoms with Gasteiger partial charge < -0.3 is 14.8 Å². The molecule has 0 aliphatic carbocycles. The van der Waals surface area contributed by atoms with E-state index in [0.29, 0.717) is 11.6 Å². The van der Waals surface area contributed by atoms with Crippen LogP contribution in [0, 0.1) is 13.8 Å². The lowest BCUT2D eigenvalue weighted by Crippen LogP contribution is -2.05. The monoisotopic (exact) mass is 305 g/mol. The summed E-state index contributed by atoms with van der Waals surface area (Å²) in [7, 11) is 3.34. The van der Waals surface area contributed by atoms with Crippen molar-refractivity contribution < 1.29 is 9.47 Å². The number of anilines is 1. The lowest BCUT2D eigenvalue weighted by atomic mass is 10.1. The van der Waals surface area contributed by atoms with E-state index in [-0.39, 0.29) is 0 Å². The SMILES string of the molecule is COc1cccc(Cl)c1CNc1ccc(C)c(OC)c1C. The highest BCUT2D eigenvalue weighted by atomic mass is 35.5. The fourth-order valence-electron chi connectivity index (χ4n) is 2.42. The van der Waals surface area contributed by atoms with Crippen molar-refractivity contribution >= 4 is 17.3 Å². The molecule has 0 aliphatic heterocycles. The van der Waals surface area contributed by atoms with Crippen molar-refractivity contribution in [3.05, 3.63) is 52.0 Å². The molecule has 0 spiro atoms. The minimum absolute atomic E-state index is 0.593. The van der Waals surface area contributed by atoms with Crippen LogP contribution in [0.5, 0.6) is 11.5 Å². The summed E-state index contributed by atoms with van der Waals surface area (Å²) < 4.78 is 10.8. The summed E-state index contributed by atoms with van der Waals surface area (Å²) in [6.07, 6.45) is 0. The molecular formula is C17H20ClNO2. The van der Waals surface area contributed by atoms with Crippen LogP contribution < -0.4 is 14.8 Å². The fraction of sp³-hybridized carbons (Fsp3) is 0.294. The van der Waals surface area contributed by atoms with Crippen LogP contribution in [-0.2, 0) is 6.54 Å². The Hall–Kier alpha value is -1.87. The predicted octanol–water partition coefficient (Wildman–Crippen LogP) is 4.59. The van der Waals surface area contributed by atoms with Gasteiger partial charge >= 0.3 is 0 Å². The topological polar surface area (TPSA) is 30.5 Å². The van der Waals surface area contributed by atoms with E-state index >= 15 is 0 Å². The van der Waals surface area contributed by atoms with Crippen molar-refractivity contribution in [1.82, 2.24) is 0 Å². The number of halogens is 1. The Balaban J connectivity index is 2.25. The number of ether oxygens (including phenoxy) is 2.